The average molecular weight is 522 g/mol. The zero-order chi connectivity index (χ0) is 26.9. The maximum absolute atomic E-state index is 13.9. The second-order valence-electron chi connectivity index (χ2n) is 9.82. The van der Waals surface area contributed by atoms with Gasteiger partial charge in [0, 0.05) is 18.3 Å². The number of esters is 1. The number of carbonyl (C=O) groups excluding carboxylic acids is 4. The number of rotatable bonds is 11. The van der Waals surface area contributed by atoms with Crippen molar-refractivity contribution in [3.63, 3.8) is 0 Å². The van der Waals surface area contributed by atoms with E-state index in [1.165, 1.54) is 0 Å². The third kappa shape index (κ3) is 8.43. The average Bonchev–Trinajstić information content (AvgIpc) is 2.75. The van der Waals surface area contributed by atoms with Crippen molar-refractivity contribution in [1.82, 2.24) is 15.5 Å². The lowest BCUT2D eigenvalue weighted by Gasteiger charge is -2.43. The number of thiol groups is 1. The maximum atomic E-state index is 13.9. The largest absolute Gasteiger partial charge is 0.466 e. The lowest BCUT2D eigenvalue weighted by Crippen LogP contribution is -2.58. The molecule has 0 bridgehead atoms. The van der Waals surface area contributed by atoms with Gasteiger partial charge in [-0.2, -0.15) is 12.6 Å². The molecule has 2 atom stereocenters. The number of carbonyl (C=O) groups is 4. The Balaban J connectivity index is 2.36. The molecule has 2 rings (SSSR count). The molecule has 1 aromatic rings. The van der Waals surface area contributed by atoms with E-state index in [4.69, 9.17) is 9.47 Å². The predicted molar refractivity (Wildman–Crippen MR) is 140 cm³/mol. The number of ether oxygens (including phenoxy) is 2. The van der Waals surface area contributed by atoms with Crippen molar-refractivity contribution in [3.8, 4) is 0 Å². The number of nitrogens with one attached hydrogen (secondary N) is 2. The van der Waals surface area contributed by atoms with E-state index in [-0.39, 0.29) is 31.4 Å². The Bertz CT molecular complexity index is 928. The van der Waals surface area contributed by atoms with Crippen LogP contribution in [0.15, 0.2) is 24.3 Å². The molecular weight excluding hydrogens is 482 g/mol. The highest BCUT2D eigenvalue weighted by molar-refractivity contribution is 7.80. The fraction of sp³-hybridized carbons (Fsp3) is 0.615. The van der Waals surface area contributed by atoms with E-state index in [1.54, 1.807) is 32.6 Å². The van der Waals surface area contributed by atoms with Gasteiger partial charge in [-0.1, -0.05) is 24.3 Å². The van der Waals surface area contributed by atoms with Crippen LogP contribution in [-0.2, 0) is 23.9 Å². The molecule has 2 N–H and O–H groups in total. The molecular formula is C26H39N3O6S. The standard InChI is InChI=1S/C26H39N3O6S/c1-6-34-21(30)14-15-27-23(31)22(19-13-8-7-10-17(19)2)29(18-11-9-12-18)24(32)20(16-36)28-25(33)35-26(3,4)5/h7-8,10,13,18,20,22,36H,6,9,11-12,14-16H2,1-5H3,(H,27,31)(H,28,33). The number of alkyl carbamates (subject to hydrolysis) is 1. The van der Waals surface area contributed by atoms with Gasteiger partial charge in [-0.05, 0) is 65.0 Å². The SMILES string of the molecule is CCOC(=O)CCNC(=O)C(c1ccccc1C)N(C(=O)C(CS)NC(=O)OC(C)(C)C)C1CCC1. The van der Waals surface area contributed by atoms with Gasteiger partial charge < -0.3 is 25.0 Å². The van der Waals surface area contributed by atoms with Crippen LogP contribution in [0.4, 0.5) is 4.79 Å². The summed E-state index contributed by atoms with van der Waals surface area (Å²) in [6, 6.07) is 5.30. The first-order chi connectivity index (χ1) is 17.0. The molecule has 0 heterocycles. The van der Waals surface area contributed by atoms with E-state index >= 15 is 0 Å². The zero-order valence-corrected chi connectivity index (χ0v) is 22.7. The molecule has 0 aliphatic heterocycles. The van der Waals surface area contributed by atoms with Gasteiger partial charge in [-0.15, -0.1) is 0 Å². The number of aryl methyl sites for hydroxylation is 1. The van der Waals surface area contributed by atoms with Crippen LogP contribution in [-0.4, -0.2) is 65.4 Å². The molecule has 1 saturated carbocycles. The molecule has 0 saturated heterocycles. The first-order valence-electron chi connectivity index (χ1n) is 12.4. The molecule has 0 radical (unpaired) electrons. The summed E-state index contributed by atoms with van der Waals surface area (Å²) < 4.78 is 10.3. The molecule has 1 fully saturated rings. The van der Waals surface area contributed by atoms with Crippen molar-refractivity contribution in [2.75, 3.05) is 18.9 Å². The van der Waals surface area contributed by atoms with Crippen LogP contribution in [0.25, 0.3) is 0 Å². The molecule has 3 amide bonds. The minimum absolute atomic E-state index is 0.0247. The maximum Gasteiger partial charge on any atom is 0.408 e. The number of benzene rings is 1. The topological polar surface area (TPSA) is 114 Å². The van der Waals surface area contributed by atoms with Crippen molar-refractivity contribution in [1.29, 1.82) is 0 Å². The minimum Gasteiger partial charge on any atom is -0.466 e. The van der Waals surface area contributed by atoms with Crippen molar-refractivity contribution in [3.05, 3.63) is 35.4 Å². The number of amides is 3. The predicted octanol–water partition coefficient (Wildman–Crippen LogP) is 3.31. The Morgan fingerprint density at radius 3 is 2.36 bits per heavy atom. The van der Waals surface area contributed by atoms with E-state index in [1.807, 2.05) is 31.2 Å². The third-order valence-corrected chi connectivity index (χ3v) is 6.20. The van der Waals surface area contributed by atoms with Gasteiger partial charge in [0.1, 0.15) is 17.7 Å². The summed E-state index contributed by atoms with van der Waals surface area (Å²) in [7, 11) is 0. The lowest BCUT2D eigenvalue weighted by molar-refractivity contribution is -0.147. The van der Waals surface area contributed by atoms with Gasteiger partial charge in [0.2, 0.25) is 11.8 Å². The molecule has 10 heteroatoms. The van der Waals surface area contributed by atoms with E-state index in [2.05, 4.69) is 23.3 Å². The summed E-state index contributed by atoms with van der Waals surface area (Å²) in [5, 5.41) is 5.42. The van der Waals surface area contributed by atoms with E-state index < -0.39 is 41.6 Å². The van der Waals surface area contributed by atoms with Crippen LogP contribution >= 0.6 is 12.6 Å². The fourth-order valence-electron chi connectivity index (χ4n) is 3.93. The van der Waals surface area contributed by atoms with Crippen LogP contribution in [0.2, 0.25) is 0 Å². The first kappa shape index (κ1) is 29.5. The Hall–Kier alpha value is -2.75. The number of nitrogens with zero attached hydrogens (tertiary/aromatic N) is 1. The molecule has 0 spiro atoms. The van der Waals surface area contributed by atoms with Crippen LogP contribution in [0.5, 0.6) is 0 Å². The van der Waals surface area contributed by atoms with Crippen molar-refractivity contribution >= 4 is 36.5 Å². The van der Waals surface area contributed by atoms with E-state index in [0.717, 1.165) is 24.8 Å². The Morgan fingerprint density at radius 2 is 1.83 bits per heavy atom. The molecule has 1 aliphatic carbocycles. The van der Waals surface area contributed by atoms with Crippen LogP contribution in [0.3, 0.4) is 0 Å². The highest BCUT2D eigenvalue weighted by atomic mass is 32.1. The molecule has 1 aromatic carbocycles. The second kappa shape index (κ2) is 13.5. The van der Waals surface area contributed by atoms with Gasteiger partial charge in [-0.3, -0.25) is 14.4 Å². The van der Waals surface area contributed by atoms with Gasteiger partial charge in [0.25, 0.3) is 0 Å². The first-order valence-corrected chi connectivity index (χ1v) is 13.0. The Labute approximate surface area is 219 Å². The summed E-state index contributed by atoms with van der Waals surface area (Å²) in [6.07, 6.45) is 1.72. The highest BCUT2D eigenvalue weighted by Crippen LogP contribution is 2.34. The smallest absolute Gasteiger partial charge is 0.408 e. The molecule has 2 unspecified atom stereocenters. The lowest BCUT2D eigenvalue weighted by atomic mass is 9.87. The Kier molecular flexibility index (Phi) is 11.1. The van der Waals surface area contributed by atoms with Crippen LogP contribution in [0.1, 0.15) is 70.5 Å². The molecule has 36 heavy (non-hydrogen) atoms. The quantitative estimate of drug-likeness (QED) is 0.304. The molecule has 200 valence electrons. The highest BCUT2D eigenvalue weighted by Gasteiger charge is 2.42. The molecule has 0 aromatic heterocycles. The number of hydrogen-bond donors (Lipinski definition) is 3. The minimum atomic E-state index is -0.984. The fourth-order valence-corrected chi connectivity index (χ4v) is 4.17. The van der Waals surface area contributed by atoms with Gasteiger partial charge >= 0.3 is 12.1 Å². The van der Waals surface area contributed by atoms with Gasteiger partial charge in [0.05, 0.1) is 13.0 Å². The van der Waals surface area contributed by atoms with Crippen molar-refractivity contribution in [2.45, 2.75) is 84.0 Å². The Morgan fingerprint density at radius 1 is 1.17 bits per heavy atom. The second-order valence-corrected chi connectivity index (χ2v) is 10.2. The molecule has 1 aliphatic rings. The summed E-state index contributed by atoms with van der Waals surface area (Å²) in [5.41, 5.74) is 0.800. The van der Waals surface area contributed by atoms with Crippen LogP contribution in [0, 0.1) is 6.92 Å². The summed E-state index contributed by atoms with van der Waals surface area (Å²) in [4.78, 5) is 53.2. The van der Waals surface area contributed by atoms with E-state index in [0.29, 0.717) is 5.56 Å². The zero-order valence-electron chi connectivity index (χ0n) is 21.8. The van der Waals surface area contributed by atoms with Crippen LogP contribution < -0.4 is 10.6 Å². The normalized spacial score (nSPS) is 15.2. The third-order valence-electron chi connectivity index (χ3n) is 5.84. The van der Waals surface area contributed by atoms with Crippen molar-refractivity contribution < 1.29 is 28.7 Å². The summed E-state index contributed by atoms with van der Waals surface area (Å²) >= 11 is 4.31. The van der Waals surface area contributed by atoms with Crippen molar-refractivity contribution in [2.24, 2.45) is 0 Å². The van der Waals surface area contributed by atoms with E-state index in [9.17, 15) is 19.2 Å². The molecule has 9 nitrogen and oxygen atoms in total. The van der Waals surface area contributed by atoms with Gasteiger partial charge in [-0.25, -0.2) is 4.79 Å². The van der Waals surface area contributed by atoms with Gasteiger partial charge in [0.15, 0.2) is 0 Å². The summed E-state index contributed by atoms with van der Waals surface area (Å²) in [6.45, 7) is 9.15. The summed E-state index contributed by atoms with van der Waals surface area (Å²) in [5.74, 6) is -1.18. The monoisotopic (exact) mass is 521 g/mol. The number of hydrogen-bond acceptors (Lipinski definition) is 7.